The fraction of sp³-hybridized carbons (Fsp3) is 0.500. The van der Waals surface area contributed by atoms with E-state index in [2.05, 4.69) is 0 Å². The highest BCUT2D eigenvalue weighted by Gasteiger charge is 2.31. The second-order valence-electron chi connectivity index (χ2n) is 4.28. The monoisotopic (exact) mass is 279 g/mol. The summed E-state index contributed by atoms with van der Waals surface area (Å²) >= 11 is 0. The highest BCUT2D eigenvalue weighted by Crippen LogP contribution is 2.32. The molecule has 1 rings (SSSR count). The standard InChI is InChI=1S/C12H16F3NOS/c1-3-8(2)7-18(17)11-5-4-9(6-10(11)16)12(13,14)15/h4-6,8H,3,7,16H2,1-2H3. The molecule has 0 saturated heterocycles. The molecule has 0 spiro atoms. The van der Waals surface area contributed by atoms with Crippen molar-refractivity contribution in [2.24, 2.45) is 5.92 Å². The molecule has 0 amide bonds. The van der Waals surface area contributed by atoms with E-state index in [1.807, 2.05) is 13.8 Å². The SMILES string of the molecule is CCC(C)CS(=O)c1ccc(C(F)(F)F)cc1N. The molecule has 0 aliphatic carbocycles. The van der Waals surface area contributed by atoms with E-state index in [9.17, 15) is 17.4 Å². The number of nitrogens with two attached hydrogens (primary N) is 1. The Hall–Kier alpha value is -1.04. The lowest BCUT2D eigenvalue weighted by atomic mass is 10.2. The summed E-state index contributed by atoms with van der Waals surface area (Å²) in [6.07, 6.45) is -3.56. The first kappa shape index (κ1) is 15.0. The van der Waals surface area contributed by atoms with Gasteiger partial charge in [0, 0.05) is 11.4 Å². The van der Waals surface area contributed by atoms with Crippen molar-refractivity contribution in [1.29, 1.82) is 0 Å². The summed E-state index contributed by atoms with van der Waals surface area (Å²) in [7, 11) is -1.35. The van der Waals surface area contributed by atoms with Crippen LogP contribution in [0.25, 0.3) is 0 Å². The number of alkyl halides is 3. The van der Waals surface area contributed by atoms with E-state index in [4.69, 9.17) is 5.73 Å². The van der Waals surface area contributed by atoms with Crippen molar-refractivity contribution in [3.8, 4) is 0 Å². The van der Waals surface area contributed by atoms with Crippen LogP contribution in [-0.2, 0) is 17.0 Å². The number of anilines is 1. The van der Waals surface area contributed by atoms with Crippen molar-refractivity contribution in [3.05, 3.63) is 23.8 Å². The lowest BCUT2D eigenvalue weighted by Gasteiger charge is -2.12. The summed E-state index contributed by atoms with van der Waals surface area (Å²) in [5.41, 5.74) is 4.66. The van der Waals surface area contributed by atoms with Gasteiger partial charge in [-0.25, -0.2) is 0 Å². The van der Waals surface area contributed by atoms with Crippen molar-refractivity contribution >= 4 is 16.5 Å². The Labute approximate surface area is 107 Å². The molecule has 2 unspecified atom stereocenters. The fourth-order valence-electron chi connectivity index (χ4n) is 1.40. The van der Waals surface area contributed by atoms with Crippen LogP contribution in [0.5, 0.6) is 0 Å². The van der Waals surface area contributed by atoms with Gasteiger partial charge < -0.3 is 5.73 Å². The normalized spacial score (nSPS) is 15.4. The summed E-state index contributed by atoms with van der Waals surface area (Å²) < 4.78 is 49.2. The predicted octanol–water partition coefficient (Wildman–Crippen LogP) is 3.44. The molecule has 2 nitrogen and oxygen atoms in total. The number of hydrogen-bond acceptors (Lipinski definition) is 2. The van der Waals surface area contributed by atoms with E-state index in [-0.39, 0.29) is 16.5 Å². The molecule has 0 aromatic heterocycles. The first-order valence-corrected chi connectivity index (χ1v) is 6.92. The second-order valence-corrected chi connectivity index (χ2v) is 5.74. The smallest absolute Gasteiger partial charge is 0.398 e. The van der Waals surface area contributed by atoms with Gasteiger partial charge >= 0.3 is 6.18 Å². The van der Waals surface area contributed by atoms with Crippen LogP contribution in [0.3, 0.4) is 0 Å². The third kappa shape index (κ3) is 3.73. The Morgan fingerprint density at radius 2 is 2.00 bits per heavy atom. The zero-order valence-corrected chi connectivity index (χ0v) is 11.1. The van der Waals surface area contributed by atoms with Crippen LogP contribution in [0, 0.1) is 5.92 Å². The average Bonchev–Trinajstić information content (AvgIpc) is 2.27. The van der Waals surface area contributed by atoms with Crippen LogP contribution in [0.1, 0.15) is 25.8 Å². The van der Waals surface area contributed by atoms with Crippen molar-refractivity contribution in [3.63, 3.8) is 0 Å². The zero-order valence-electron chi connectivity index (χ0n) is 10.3. The maximum atomic E-state index is 12.4. The molecule has 102 valence electrons. The summed E-state index contributed by atoms with van der Waals surface area (Å²) in [4.78, 5) is 0.281. The molecule has 6 heteroatoms. The Kier molecular flexibility index (Phi) is 4.78. The molecule has 0 heterocycles. The first-order chi connectivity index (χ1) is 8.25. The average molecular weight is 279 g/mol. The van der Waals surface area contributed by atoms with Gasteiger partial charge in [-0.1, -0.05) is 20.3 Å². The summed E-state index contributed by atoms with van der Waals surface area (Å²) in [5.74, 6) is 0.652. The van der Waals surface area contributed by atoms with Crippen molar-refractivity contribution in [2.45, 2.75) is 31.3 Å². The lowest BCUT2D eigenvalue weighted by molar-refractivity contribution is -0.137. The predicted molar refractivity (Wildman–Crippen MR) is 66.6 cm³/mol. The molecule has 18 heavy (non-hydrogen) atoms. The largest absolute Gasteiger partial charge is 0.416 e. The number of nitrogen functional groups attached to an aromatic ring is 1. The molecule has 0 bridgehead atoms. The summed E-state index contributed by atoms with van der Waals surface area (Å²) in [5, 5.41) is 0. The Bertz CT molecular complexity index is 445. The first-order valence-electron chi connectivity index (χ1n) is 5.60. The van der Waals surface area contributed by atoms with Crippen LogP contribution in [0.15, 0.2) is 23.1 Å². The van der Waals surface area contributed by atoms with Crippen molar-refractivity contribution in [1.82, 2.24) is 0 Å². The van der Waals surface area contributed by atoms with Gasteiger partial charge in [-0.2, -0.15) is 13.2 Å². The maximum absolute atomic E-state index is 12.4. The molecular weight excluding hydrogens is 263 g/mol. The van der Waals surface area contributed by atoms with Gasteiger partial charge in [0.15, 0.2) is 0 Å². The molecule has 0 aliphatic rings. The van der Waals surface area contributed by atoms with E-state index in [0.717, 1.165) is 18.6 Å². The molecule has 0 radical (unpaired) electrons. The third-order valence-electron chi connectivity index (χ3n) is 2.72. The van der Waals surface area contributed by atoms with Crippen LogP contribution in [-0.4, -0.2) is 9.96 Å². The molecular formula is C12H16F3NOS. The topological polar surface area (TPSA) is 43.1 Å². The minimum absolute atomic E-state index is 0.0635. The van der Waals surface area contributed by atoms with E-state index >= 15 is 0 Å². The molecule has 1 aromatic carbocycles. The van der Waals surface area contributed by atoms with Gasteiger partial charge in [-0.3, -0.25) is 4.21 Å². The second kappa shape index (κ2) is 5.73. The van der Waals surface area contributed by atoms with Crippen LogP contribution >= 0.6 is 0 Å². The number of halogens is 3. The van der Waals surface area contributed by atoms with Crippen LogP contribution < -0.4 is 5.73 Å². The van der Waals surface area contributed by atoms with E-state index < -0.39 is 22.5 Å². The minimum atomic E-state index is -4.43. The molecule has 2 atom stereocenters. The van der Waals surface area contributed by atoms with Gasteiger partial charge in [0.2, 0.25) is 0 Å². The van der Waals surface area contributed by atoms with Gasteiger partial charge in [0.1, 0.15) is 0 Å². The molecule has 1 aromatic rings. The van der Waals surface area contributed by atoms with E-state index in [1.54, 1.807) is 0 Å². The summed E-state index contributed by atoms with van der Waals surface area (Å²) in [6, 6.07) is 2.96. The Balaban J connectivity index is 2.96. The van der Waals surface area contributed by atoms with E-state index in [0.29, 0.717) is 5.75 Å². The van der Waals surface area contributed by atoms with Crippen molar-refractivity contribution in [2.75, 3.05) is 11.5 Å². The zero-order chi connectivity index (χ0) is 13.9. The van der Waals surface area contributed by atoms with Crippen molar-refractivity contribution < 1.29 is 17.4 Å². The van der Waals surface area contributed by atoms with Crippen LogP contribution in [0.4, 0.5) is 18.9 Å². The quantitative estimate of drug-likeness (QED) is 0.858. The van der Waals surface area contributed by atoms with Gasteiger partial charge in [0.05, 0.1) is 21.3 Å². The number of rotatable bonds is 4. The molecule has 0 saturated carbocycles. The Morgan fingerprint density at radius 1 is 1.39 bits per heavy atom. The molecule has 2 N–H and O–H groups in total. The lowest BCUT2D eigenvalue weighted by Crippen LogP contribution is -2.11. The van der Waals surface area contributed by atoms with Gasteiger partial charge in [-0.15, -0.1) is 0 Å². The van der Waals surface area contributed by atoms with Gasteiger partial charge in [0.25, 0.3) is 0 Å². The third-order valence-corrected chi connectivity index (χ3v) is 4.45. The number of hydrogen-bond donors (Lipinski definition) is 1. The fourth-order valence-corrected chi connectivity index (χ4v) is 2.87. The van der Waals surface area contributed by atoms with Crippen LogP contribution in [0.2, 0.25) is 0 Å². The summed E-state index contributed by atoms with van der Waals surface area (Å²) in [6.45, 7) is 3.91. The number of benzene rings is 1. The molecule has 0 aliphatic heterocycles. The maximum Gasteiger partial charge on any atom is 0.416 e. The Morgan fingerprint density at radius 3 is 2.44 bits per heavy atom. The molecule has 0 fully saturated rings. The minimum Gasteiger partial charge on any atom is -0.398 e. The highest BCUT2D eigenvalue weighted by atomic mass is 32.2. The highest BCUT2D eigenvalue weighted by molar-refractivity contribution is 7.85. The van der Waals surface area contributed by atoms with Gasteiger partial charge in [-0.05, 0) is 24.1 Å². The van der Waals surface area contributed by atoms with E-state index in [1.165, 1.54) is 6.07 Å².